The summed E-state index contributed by atoms with van der Waals surface area (Å²) >= 11 is 12.8. The van der Waals surface area contributed by atoms with Gasteiger partial charge in [-0.3, -0.25) is 0 Å². The van der Waals surface area contributed by atoms with Gasteiger partial charge in [0.15, 0.2) is 11.6 Å². The summed E-state index contributed by atoms with van der Waals surface area (Å²) in [5, 5.41) is 0.591. The highest BCUT2D eigenvalue weighted by molar-refractivity contribution is 9.10. The maximum absolute atomic E-state index is 13.6. The van der Waals surface area contributed by atoms with Crippen molar-refractivity contribution in [2.24, 2.45) is 0 Å². The summed E-state index contributed by atoms with van der Waals surface area (Å²) in [5.74, 6) is -1.63. The van der Waals surface area contributed by atoms with Gasteiger partial charge in [0.2, 0.25) is 0 Å². The van der Waals surface area contributed by atoms with Crippen LogP contribution < -0.4 is 0 Å². The second-order valence-corrected chi connectivity index (χ2v) is 6.54. The van der Waals surface area contributed by atoms with E-state index in [2.05, 4.69) is 31.9 Å². The van der Waals surface area contributed by atoms with Crippen LogP contribution in [0, 0.1) is 11.6 Å². The standard InChI is InChI=1S/C14H9Br2ClF2/c15-10-4-9(5-11(17)7-10)12(16)6-8-2-1-3-13(18)14(8)19/h1-5,7,12H,6H2. The molecular weight excluding hydrogens is 401 g/mol. The molecule has 0 aromatic heterocycles. The third kappa shape index (κ3) is 3.77. The number of hydrogen-bond acceptors (Lipinski definition) is 0. The van der Waals surface area contributed by atoms with Gasteiger partial charge in [-0.15, -0.1) is 0 Å². The minimum atomic E-state index is -0.829. The second kappa shape index (κ2) is 6.33. The Hall–Kier alpha value is -0.450. The Morgan fingerprint density at radius 1 is 1.16 bits per heavy atom. The van der Waals surface area contributed by atoms with Crippen molar-refractivity contribution >= 4 is 43.5 Å². The minimum Gasteiger partial charge on any atom is -0.204 e. The van der Waals surface area contributed by atoms with Crippen LogP contribution in [0.4, 0.5) is 8.78 Å². The molecule has 0 aliphatic heterocycles. The lowest BCUT2D eigenvalue weighted by molar-refractivity contribution is 0.498. The Labute approximate surface area is 132 Å². The second-order valence-electron chi connectivity index (χ2n) is 4.09. The van der Waals surface area contributed by atoms with E-state index in [9.17, 15) is 8.78 Å². The van der Waals surface area contributed by atoms with Gasteiger partial charge in [-0.05, 0) is 41.8 Å². The van der Waals surface area contributed by atoms with E-state index in [0.717, 1.165) is 16.1 Å². The summed E-state index contributed by atoms with van der Waals surface area (Å²) < 4.78 is 27.6. The van der Waals surface area contributed by atoms with Crippen LogP contribution in [0.5, 0.6) is 0 Å². The molecule has 0 N–H and O–H groups in total. The maximum atomic E-state index is 13.6. The molecule has 0 aliphatic carbocycles. The molecule has 2 aromatic carbocycles. The van der Waals surface area contributed by atoms with Crippen molar-refractivity contribution in [3.63, 3.8) is 0 Å². The first-order valence-corrected chi connectivity index (χ1v) is 7.59. The van der Waals surface area contributed by atoms with Gasteiger partial charge >= 0.3 is 0 Å². The minimum absolute atomic E-state index is 0.140. The highest BCUT2D eigenvalue weighted by Gasteiger charge is 2.14. The molecule has 0 saturated carbocycles. The van der Waals surface area contributed by atoms with Crippen molar-refractivity contribution in [3.05, 3.63) is 68.7 Å². The molecule has 2 aromatic rings. The quantitative estimate of drug-likeness (QED) is 0.540. The third-order valence-corrected chi connectivity index (χ3v) is 4.21. The van der Waals surface area contributed by atoms with E-state index in [1.54, 1.807) is 18.2 Å². The van der Waals surface area contributed by atoms with Crippen molar-refractivity contribution in [1.29, 1.82) is 0 Å². The summed E-state index contributed by atoms with van der Waals surface area (Å²) in [6.45, 7) is 0. The molecule has 0 saturated heterocycles. The zero-order valence-corrected chi connectivity index (χ0v) is 13.6. The predicted molar refractivity (Wildman–Crippen MR) is 80.9 cm³/mol. The van der Waals surface area contributed by atoms with Gasteiger partial charge in [0.25, 0.3) is 0 Å². The number of rotatable bonds is 3. The molecule has 0 bridgehead atoms. The summed E-state index contributed by atoms with van der Waals surface area (Å²) in [6, 6.07) is 9.64. The van der Waals surface area contributed by atoms with Crippen molar-refractivity contribution in [2.75, 3.05) is 0 Å². The molecule has 1 unspecified atom stereocenters. The normalized spacial score (nSPS) is 12.5. The Bertz CT molecular complexity index is 582. The molecular formula is C14H9Br2ClF2. The fraction of sp³-hybridized carbons (Fsp3) is 0.143. The van der Waals surface area contributed by atoms with Gasteiger partial charge in [0.1, 0.15) is 0 Å². The van der Waals surface area contributed by atoms with Crippen LogP contribution in [0.1, 0.15) is 16.0 Å². The van der Waals surface area contributed by atoms with Crippen LogP contribution in [0.25, 0.3) is 0 Å². The molecule has 100 valence electrons. The largest absolute Gasteiger partial charge is 0.204 e. The molecule has 0 amide bonds. The van der Waals surface area contributed by atoms with Crippen LogP contribution in [0.3, 0.4) is 0 Å². The van der Waals surface area contributed by atoms with Gasteiger partial charge < -0.3 is 0 Å². The summed E-state index contributed by atoms with van der Waals surface area (Å²) in [6.07, 6.45) is 0.344. The monoisotopic (exact) mass is 408 g/mol. The highest BCUT2D eigenvalue weighted by Crippen LogP contribution is 2.32. The van der Waals surface area contributed by atoms with E-state index in [1.807, 2.05) is 6.07 Å². The molecule has 0 fully saturated rings. The average molecular weight is 410 g/mol. The Morgan fingerprint density at radius 3 is 2.58 bits per heavy atom. The van der Waals surface area contributed by atoms with E-state index in [1.165, 1.54) is 6.07 Å². The first-order chi connectivity index (χ1) is 8.97. The average Bonchev–Trinajstić information content (AvgIpc) is 2.33. The van der Waals surface area contributed by atoms with Gasteiger partial charge in [-0.1, -0.05) is 55.6 Å². The maximum Gasteiger partial charge on any atom is 0.162 e. The van der Waals surface area contributed by atoms with Crippen LogP contribution in [-0.2, 0) is 6.42 Å². The Balaban J connectivity index is 2.25. The molecule has 0 heterocycles. The summed E-state index contributed by atoms with van der Waals surface area (Å²) in [5.41, 5.74) is 1.24. The zero-order chi connectivity index (χ0) is 14.0. The van der Waals surface area contributed by atoms with Gasteiger partial charge in [0, 0.05) is 14.3 Å². The van der Waals surface area contributed by atoms with E-state index < -0.39 is 11.6 Å². The van der Waals surface area contributed by atoms with E-state index in [-0.39, 0.29) is 4.83 Å². The molecule has 2 rings (SSSR count). The lowest BCUT2D eigenvalue weighted by Gasteiger charge is -2.12. The van der Waals surface area contributed by atoms with Crippen LogP contribution in [-0.4, -0.2) is 0 Å². The molecule has 5 heteroatoms. The molecule has 0 aliphatic rings. The smallest absolute Gasteiger partial charge is 0.162 e. The number of alkyl halides is 1. The summed E-state index contributed by atoms with van der Waals surface area (Å²) in [7, 11) is 0. The molecule has 0 nitrogen and oxygen atoms in total. The number of hydrogen-bond donors (Lipinski definition) is 0. The number of benzene rings is 2. The predicted octanol–water partition coefficient (Wildman–Crippen LogP) is 6.06. The van der Waals surface area contributed by atoms with E-state index in [0.29, 0.717) is 17.0 Å². The highest BCUT2D eigenvalue weighted by atomic mass is 79.9. The van der Waals surface area contributed by atoms with Gasteiger partial charge in [0.05, 0.1) is 0 Å². The Kier molecular flexibility index (Phi) is 4.98. The van der Waals surface area contributed by atoms with Crippen molar-refractivity contribution in [1.82, 2.24) is 0 Å². The van der Waals surface area contributed by atoms with Crippen molar-refractivity contribution in [2.45, 2.75) is 11.2 Å². The fourth-order valence-electron chi connectivity index (χ4n) is 1.77. The topological polar surface area (TPSA) is 0 Å². The molecule has 0 spiro atoms. The Morgan fingerprint density at radius 2 is 1.89 bits per heavy atom. The van der Waals surface area contributed by atoms with Crippen LogP contribution in [0.15, 0.2) is 40.9 Å². The van der Waals surface area contributed by atoms with Gasteiger partial charge in [-0.25, -0.2) is 8.78 Å². The van der Waals surface area contributed by atoms with Gasteiger partial charge in [-0.2, -0.15) is 0 Å². The molecule has 1 atom stereocenters. The van der Waals surface area contributed by atoms with Crippen molar-refractivity contribution in [3.8, 4) is 0 Å². The fourth-order valence-corrected chi connectivity index (χ4v) is 3.27. The summed E-state index contributed by atoms with van der Waals surface area (Å²) in [4.78, 5) is -0.140. The van der Waals surface area contributed by atoms with Crippen LogP contribution in [0.2, 0.25) is 5.02 Å². The van der Waals surface area contributed by atoms with E-state index >= 15 is 0 Å². The lowest BCUT2D eigenvalue weighted by Crippen LogP contribution is -2.00. The lowest BCUT2D eigenvalue weighted by atomic mass is 10.0. The zero-order valence-electron chi connectivity index (χ0n) is 9.64. The molecule has 19 heavy (non-hydrogen) atoms. The van der Waals surface area contributed by atoms with Crippen molar-refractivity contribution < 1.29 is 8.78 Å². The first-order valence-electron chi connectivity index (χ1n) is 5.50. The molecule has 0 radical (unpaired) electrons. The number of halogens is 5. The first kappa shape index (κ1) is 14.9. The SMILES string of the molecule is Fc1cccc(CC(Br)c2cc(Cl)cc(Br)c2)c1F. The van der Waals surface area contributed by atoms with E-state index in [4.69, 9.17) is 11.6 Å². The third-order valence-electron chi connectivity index (χ3n) is 2.68. The van der Waals surface area contributed by atoms with Crippen LogP contribution >= 0.6 is 43.5 Å².